The fraction of sp³-hybridized carbons (Fsp3) is 0.263. The van der Waals surface area contributed by atoms with Gasteiger partial charge in [0.1, 0.15) is 6.04 Å². The first-order chi connectivity index (χ1) is 13.1. The van der Waals surface area contributed by atoms with Crippen LogP contribution < -0.4 is 27.6 Å². The van der Waals surface area contributed by atoms with Crippen LogP contribution in [0.15, 0.2) is 48.5 Å². The smallest absolute Gasteiger partial charge is 0.267 e. The average molecular weight is 371 g/mol. The second kappa shape index (κ2) is 10.4. The van der Waals surface area contributed by atoms with E-state index in [1.165, 1.54) is 5.48 Å². The summed E-state index contributed by atoms with van der Waals surface area (Å²) in [4.78, 5) is 23.6. The van der Waals surface area contributed by atoms with Gasteiger partial charge in [0.15, 0.2) is 0 Å². The lowest BCUT2D eigenvalue weighted by Gasteiger charge is -2.14. The molecule has 8 heteroatoms. The summed E-state index contributed by atoms with van der Waals surface area (Å²) in [6.07, 6.45) is 0. The molecule has 8 N–H and O–H groups in total. The topological polar surface area (TPSA) is 142 Å². The first-order valence-electron chi connectivity index (χ1n) is 8.64. The van der Waals surface area contributed by atoms with E-state index in [-0.39, 0.29) is 6.54 Å². The van der Waals surface area contributed by atoms with Crippen LogP contribution in [-0.2, 0) is 11.3 Å². The minimum atomic E-state index is -1.00. The van der Waals surface area contributed by atoms with Crippen molar-refractivity contribution in [2.75, 3.05) is 19.6 Å². The maximum atomic E-state index is 12.2. The zero-order valence-corrected chi connectivity index (χ0v) is 14.9. The Hall–Kier alpha value is -2.78. The monoisotopic (exact) mass is 371 g/mol. The highest BCUT2D eigenvalue weighted by atomic mass is 16.5. The van der Waals surface area contributed by atoms with E-state index in [1.807, 2.05) is 30.3 Å². The van der Waals surface area contributed by atoms with Crippen LogP contribution in [0.1, 0.15) is 15.9 Å². The summed E-state index contributed by atoms with van der Waals surface area (Å²) < 4.78 is 0. The van der Waals surface area contributed by atoms with Gasteiger partial charge >= 0.3 is 0 Å². The van der Waals surface area contributed by atoms with Crippen LogP contribution in [0.5, 0.6) is 0 Å². The molecule has 0 heterocycles. The molecular weight excluding hydrogens is 346 g/mol. The summed E-state index contributed by atoms with van der Waals surface area (Å²) in [5.41, 5.74) is 15.9. The lowest BCUT2D eigenvalue weighted by molar-refractivity contribution is -0.130. The maximum absolute atomic E-state index is 12.2. The molecule has 2 amide bonds. The van der Waals surface area contributed by atoms with E-state index < -0.39 is 17.9 Å². The van der Waals surface area contributed by atoms with Crippen LogP contribution in [0.25, 0.3) is 11.1 Å². The fourth-order valence-corrected chi connectivity index (χ4v) is 2.56. The molecule has 2 aromatic rings. The van der Waals surface area contributed by atoms with E-state index in [2.05, 4.69) is 16.7 Å². The van der Waals surface area contributed by atoms with Gasteiger partial charge in [-0.1, -0.05) is 30.3 Å². The molecule has 0 fully saturated rings. The van der Waals surface area contributed by atoms with Gasteiger partial charge in [-0.3, -0.25) is 14.8 Å². The Kier molecular flexibility index (Phi) is 7.90. The zero-order valence-electron chi connectivity index (χ0n) is 14.9. The number of hydroxylamine groups is 1. The molecule has 2 rings (SSSR count). The van der Waals surface area contributed by atoms with Gasteiger partial charge in [0.25, 0.3) is 11.8 Å². The third kappa shape index (κ3) is 5.87. The minimum Gasteiger partial charge on any atom is -0.339 e. The molecule has 0 saturated heterocycles. The predicted molar refractivity (Wildman–Crippen MR) is 103 cm³/mol. The van der Waals surface area contributed by atoms with Crippen molar-refractivity contribution in [3.8, 4) is 11.1 Å². The molecule has 8 nitrogen and oxygen atoms in total. The summed E-state index contributed by atoms with van der Waals surface area (Å²) in [6.45, 7) is 1.96. The van der Waals surface area contributed by atoms with Crippen molar-refractivity contribution >= 4 is 11.8 Å². The van der Waals surface area contributed by atoms with Crippen LogP contribution in [0, 0.1) is 0 Å². The van der Waals surface area contributed by atoms with Crippen molar-refractivity contribution in [1.82, 2.24) is 16.1 Å². The van der Waals surface area contributed by atoms with Crippen molar-refractivity contribution < 1.29 is 14.8 Å². The molecule has 2 aromatic carbocycles. The third-order valence-electron chi connectivity index (χ3n) is 4.03. The Morgan fingerprint density at radius 3 is 2.41 bits per heavy atom. The highest BCUT2D eigenvalue weighted by Crippen LogP contribution is 2.21. The molecule has 1 atom stereocenters. The van der Waals surface area contributed by atoms with E-state index in [9.17, 15) is 9.59 Å². The third-order valence-corrected chi connectivity index (χ3v) is 4.03. The van der Waals surface area contributed by atoms with Crippen LogP contribution in [0.4, 0.5) is 0 Å². The average Bonchev–Trinajstić information content (AvgIpc) is 2.71. The van der Waals surface area contributed by atoms with Crippen molar-refractivity contribution in [3.63, 3.8) is 0 Å². The first kappa shape index (κ1) is 20.5. The Bertz CT molecular complexity index is 764. The van der Waals surface area contributed by atoms with E-state index in [0.717, 1.165) is 29.8 Å². The quantitative estimate of drug-likeness (QED) is 0.207. The molecule has 0 radical (unpaired) electrons. The van der Waals surface area contributed by atoms with Gasteiger partial charge in [0, 0.05) is 31.7 Å². The summed E-state index contributed by atoms with van der Waals surface area (Å²) in [6, 6.07) is 14.1. The molecule has 0 unspecified atom stereocenters. The maximum Gasteiger partial charge on any atom is 0.267 e. The number of hydrogen-bond acceptors (Lipinski definition) is 6. The standard InChI is InChI=1S/C19H25N5O3/c20-8-9-22-12-13-2-1-3-16(10-13)14-4-6-15(7-5-14)18(25)23-17(11-21)19(26)24-27/h1-7,10,17,22,27H,8-9,11-12,20-21H2,(H,23,25)(H,24,26)/t17-/m0/s1. The molecule has 0 spiro atoms. The summed E-state index contributed by atoms with van der Waals surface area (Å²) in [5, 5.41) is 14.4. The van der Waals surface area contributed by atoms with Crippen LogP contribution >= 0.6 is 0 Å². The number of hydrogen-bond donors (Lipinski definition) is 6. The number of carbonyl (C=O) groups excluding carboxylic acids is 2. The van der Waals surface area contributed by atoms with Crippen LogP contribution in [0.2, 0.25) is 0 Å². The minimum absolute atomic E-state index is 0.124. The van der Waals surface area contributed by atoms with E-state index >= 15 is 0 Å². The zero-order chi connectivity index (χ0) is 19.6. The summed E-state index contributed by atoms with van der Waals surface area (Å²) in [7, 11) is 0. The number of nitrogens with one attached hydrogen (secondary N) is 3. The van der Waals surface area contributed by atoms with Crippen molar-refractivity contribution in [2.24, 2.45) is 11.5 Å². The summed E-state index contributed by atoms with van der Waals surface area (Å²) in [5.74, 6) is -1.21. The number of amides is 2. The van der Waals surface area contributed by atoms with Crippen molar-refractivity contribution in [3.05, 3.63) is 59.7 Å². The predicted octanol–water partition coefficient (Wildman–Crippen LogP) is -0.0356. The van der Waals surface area contributed by atoms with Gasteiger partial charge in [-0.25, -0.2) is 5.48 Å². The second-order valence-electron chi connectivity index (χ2n) is 5.98. The van der Waals surface area contributed by atoms with Gasteiger partial charge in [0.05, 0.1) is 0 Å². The molecule has 0 aliphatic heterocycles. The molecule has 144 valence electrons. The highest BCUT2D eigenvalue weighted by molar-refractivity contribution is 5.97. The molecule has 27 heavy (non-hydrogen) atoms. The van der Waals surface area contributed by atoms with E-state index in [0.29, 0.717) is 12.1 Å². The molecular formula is C19H25N5O3. The summed E-state index contributed by atoms with van der Waals surface area (Å²) >= 11 is 0. The molecule has 0 saturated carbocycles. The van der Waals surface area contributed by atoms with Crippen LogP contribution in [0.3, 0.4) is 0 Å². The second-order valence-corrected chi connectivity index (χ2v) is 5.98. The fourth-order valence-electron chi connectivity index (χ4n) is 2.56. The highest BCUT2D eigenvalue weighted by Gasteiger charge is 2.19. The number of benzene rings is 2. The lowest BCUT2D eigenvalue weighted by atomic mass is 10.0. The van der Waals surface area contributed by atoms with Gasteiger partial charge in [-0.05, 0) is 34.9 Å². The van der Waals surface area contributed by atoms with E-state index in [4.69, 9.17) is 16.7 Å². The number of carbonyl (C=O) groups is 2. The molecule has 0 aromatic heterocycles. The largest absolute Gasteiger partial charge is 0.339 e. The Balaban J connectivity index is 2.07. The van der Waals surface area contributed by atoms with Gasteiger partial charge in [-0.2, -0.15) is 0 Å². The van der Waals surface area contributed by atoms with Gasteiger partial charge in [0.2, 0.25) is 0 Å². The van der Waals surface area contributed by atoms with Crippen molar-refractivity contribution in [1.29, 1.82) is 0 Å². The normalized spacial score (nSPS) is 11.7. The van der Waals surface area contributed by atoms with Gasteiger partial charge in [-0.15, -0.1) is 0 Å². The molecule has 0 aliphatic carbocycles. The lowest BCUT2D eigenvalue weighted by Crippen LogP contribution is -2.50. The van der Waals surface area contributed by atoms with Crippen LogP contribution in [-0.4, -0.2) is 42.7 Å². The first-order valence-corrected chi connectivity index (χ1v) is 8.64. The number of nitrogens with two attached hydrogens (primary N) is 2. The SMILES string of the molecule is NCCNCc1cccc(-c2ccc(C(=O)N[C@@H](CN)C(=O)NO)cc2)c1. The van der Waals surface area contributed by atoms with E-state index in [1.54, 1.807) is 12.1 Å². The van der Waals surface area contributed by atoms with Gasteiger partial charge < -0.3 is 22.1 Å². The number of rotatable bonds is 9. The Labute approximate surface area is 157 Å². The molecule has 0 bridgehead atoms. The Morgan fingerprint density at radius 2 is 1.78 bits per heavy atom. The molecule has 0 aliphatic rings. The Morgan fingerprint density at radius 1 is 1.04 bits per heavy atom. The van der Waals surface area contributed by atoms with Crippen molar-refractivity contribution in [2.45, 2.75) is 12.6 Å².